The van der Waals surface area contributed by atoms with Crippen molar-refractivity contribution in [2.75, 3.05) is 14.2 Å². The molecule has 30 heavy (non-hydrogen) atoms. The third-order valence-electron chi connectivity index (χ3n) is 4.06. The van der Waals surface area contributed by atoms with Crippen LogP contribution in [0.2, 0.25) is 0 Å². The number of benzene rings is 2. The maximum Gasteiger partial charge on any atom is 0.269 e. The number of nitrogens with zero attached hydrogens (tertiary/aromatic N) is 3. The molecule has 1 aromatic heterocycles. The van der Waals surface area contributed by atoms with Gasteiger partial charge in [-0.05, 0) is 35.9 Å². The Hall–Kier alpha value is -4.21. The zero-order valence-corrected chi connectivity index (χ0v) is 16.2. The number of ether oxygens (including phenoxy) is 2. The summed E-state index contributed by atoms with van der Waals surface area (Å²) in [4.78, 5) is 26.4. The van der Waals surface area contributed by atoms with Crippen LogP contribution in [0.1, 0.15) is 11.5 Å². The van der Waals surface area contributed by atoms with E-state index >= 15 is 0 Å². The summed E-state index contributed by atoms with van der Waals surface area (Å²) < 4.78 is 15.7. The molecule has 1 amide bonds. The van der Waals surface area contributed by atoms with Crippen LogP contribution in [-0.2, 0) is 11.3 Å². The topological polar surface area (TPSA) is 130 Å². The zero-order chi connectivity index (χ0) is 21.5. The number of nitro groups is 1. The van der Waals surface area contributed by atoms with Crippen molar-refractivity contribution in [2.45, 2.75) is 6.54 Å². The van der Waals surface area contributed by atoms with Gasteiger partial charge in [-0.3, -0.25) is 14.9 Å². The lowest BCUT2D eigenvalue weighted by molar-refractivity contribution is -0.384. The first kappa shape index (κ1) is 20.5. The minimum absolute atomic E-state index is 0.0164. The molecule has 0 aliphatic carbocycles. The number of aromatic nitrogens is 2. The van der Waals surface area contributed by atoms with Crippen molar-refractivity contribution in [3.05, 3.63) is 70.1 Å². The highest BCUT2D eigenvalue weighted by Crippen LogP contribution is 2.31. The van der Waals surface area contributed by atoms with Crippen molar-refractivity contribution in [1.82, 2.24) is 15.5 Å². The van der Waals surface area contributed by atoms with E-state index in [4.69, 9.17) is 14.0 Å². The van der Waals surface area contributed by atoms with Gasteiger partial charge < -0.3 is 19.3 Å². The maximum atomic E-state index is 12.0. The molecule has 0 spiro atoms. The summed E-state index contributed by atoms with van der Waals surface area (Å²) in [5.41, 5.74) is 1.26. The van der Waals surface area contributed by atoms with Gasteiger partial charge in [0.2, 0.25) is 17.6 Å². The fraction of sp³-hybridized carbons (Fsp3) is 0.150. The predicted octanol–water partition coefficient (Wildman–Crippen LogP) is 2.99. The SMILES string of the molecule is COc1ccc(-c2noc(CNC(=O)/C=C/c3ccc([N+](=O)[O-])cc3)n2)c(OC)c1. The van der Waals surface area contributed by atoms with Crippen LogP contribution in [0.5, 0.6) is 11.5 Å². The fourth-order valence-electron chi connectivity index (χ4n) is 2.52. The number of hydrogen-bond donors (Lipinski definition) is 1. The highest BCUT2D eigenvalue weighted by Gasteiger charge is 2.14. The molecule has 1 N–H and O–H groups in total. The molecule has 10 nitrogen and oxygen atoms in total. The molecule has 0 bridgehead atoms. The molecule has 0 atom stereocenters. The Bertz CT molecular complexity index is 1080. The van der Waals surface area contributed by atoms with Crippen LogP contribution >= 0.6 is 0 Å². The molecule has 0 radical (unpaired) electrons. The van der Waals surface area contributed by atoms with E-state index in [1.807, 2.05) is 0 Å². The maximum absolute atomic E-state index is 12.0. The van der Waals surface area contributed by atoms with Crippen molar-refractivity contribution in [3.8, 4) is 22.9 Å². The molecule has 0 saturated carbocycles. The summed E-state index contributed by atoms with van der Waals surface area (Å²) in [5.74, 6) is 1.32. The number of hydrogen-bond acceptors (Lipinski definition) is 8. The van der Waals surface area contributed by atoms with Crippen LogP contribution in [0.4, 0.5) is 5.69 Å². The molecule has 3 aromatic rings. The number of carbonyl (C=O) groups is 1. The van der Waals surface area contributed by atoms with Crippen molar-refractivity contribution < 1.29 is 23.7 Å². The summed E-state index contributed by atoms with van der Waals surface area (Å²) >= 11 is 0. The van der Waals surface area contributed by atoms with Crippen molar-refractivity contribution >= 4 is 17.7 Å². The normalized spacial score (nSPS) is 10.7. The van der Waals surface area contributed by atoms with Gasteiger partial charge in [-0.15, -0.1) is 0 Å². The molecule has 10 heteroatoms. The Labute approximate surface area is 171 Å². The Morgan fingerprint density at radius 1 is 1.20 bits per heavy atom. The van der Waals surface area contributed by atoms with E-state index < -0.39 is 4.92 Å². The summed E-state index contributed by atoms with van der Waals surface area (Å²) in [5, 5.41) is 17.2. The first-order valence-corrected chi connectivity index (χ1v) is 8.75. The molecular formula is C20H18N4O6. The fourth-order valence-corrected chi connectivity index (χ4v) is 2.52. The number of rotatable bonds is 8. The van der Waals surface area contributed by atoms with Gasteiger partial charge in [-0.25, -0.2) is 0 Å². The summed E-state index contributed by atoms with van der Waals surface area (Å²) in [6, 6.07) is 11.0. The van der Waals surface area contributed by atoms with E-state index in [2.05, 4.69) is 15.5 Å². The third-order valence-corrected chi connectivity index (χ3v) is 4.06. The molecule has 0 unspecified atom stereocenters. The van der Waals surface area contributed by atoms with Gasteiger partial charge in [-0.1, -0.05) is 5.16 Å². The number of nitro benzene ring substituents is 1. The minimum atomic E-state index is -0.486. The Balaban J connectivity index is 1.60. The molecule has 3 rings (SSSR count). The Kier molecular flexibility index (Phi) is 6.38. The second-order valence-corrected chi connectivity index (χ2v) is 5.98. The van der Waals surface area contributed by atoms with E-state index in [1.54, 1.807) is 43.5 Å². The molecule has 0 fully saturated rings. The highest BCUT2D eigenvalue weighted by atomic mass is 16.6. The van der Waals surface area contributed by atoms with Crippen LogP contribution in [0.15, 0.2) is 53.1 Å². The smallest absolute Gasteiger partial charge is 0.269 e. The van der Waals surface area contributed by atoms with E-state index in [9.17, 15) is 14.9 Å². The van der Waals surface area contributed by atoms with E-state index in [0.29, 0.717) is 28.5 Å². The number of carbonyl (C=O) groups excluding carboxylic acids is 1. The van der Waals surface area contributed by atoms with Crippen molar-refractivity contribution in [3.63, 3.8) is 0 Å². The first-order valence-electron chi connectivity index (χ1n) is 8.75. The lowest BCUT2D eigenvalue weighted by Gasteiger charge is -2.07. The molecule has 2 aromatic carbocycles. The van der Waals surface area contributed by atoms with Crippen LogP contribution < -0.4 is 14.8 Å². The van der Waals surface area contributed by atoms with Gasteiger partial charge in [0.15, 0.2) is 0 Å². The van der Waals surface area contributed by atoms with Crippen molar-refractivity contribution in [1.29, 1.82) is 0 Å². The minimum Gasteiger partial charge on any atom is -0.497 e. The summed E-state index contributed by atoms with van der Waals surface area (Å²) in [6.45, 7) is 0.0366. The molecule has 0 aliphatic heterocycles. The standard InChI is InChI=1S/C20H18N4O6/c1-28-15-8-9-16(17(11-15)29-2)20-22-19(30-23-20)12-21-18(25)10-5-13-3-6-14(7-4-13)24(26)27/h3-11H,12H2,1-2H3,(H,21,25)/b10-5+. The van der Waals surface area contributed by atoms with E-state index in [1.165, 1.54) is 25.3 Å². The second-order valence-electron chi connectivity index (χ2n) is 5.98. The Morgan fingerprint density at radius 2 is 1.97 bits per heavy atom. The third kappa shape index (κ3) is 4.98. The number of non-ortho nitro benzene ring substituents is 1. The van der Waals surface area contributed by atoms with Gasteiger partial charge in [-0.2, -0.15) is 4.98 Å². The summed E-state index contributed by atoms with van der Waals surface area (Å²) in [7, 11) is 3.08. The monoisotopic (exact) mass is 410 g/mol. The average Bonchev–Trinajstić information content (AvgIpc) is 3.24. The van der Waals surface area contributed by atoms with Crippen molar-refractivity contribution in [2.24, 2.45) is 0 Å². The second kappa shape index (κ2) is 9.32. The van der Waals surface area contributed by atoms with Crippen LogP contribution in [0.3, 0.4) is 0 Å². The van der Waals surface area contributed by atoms with Crippen LogP contribution in [0, 0.1) is 10.1 Å². The van der Waals surface area contributed by atoms with Gasteiger partial charge in [0.25, 0.3) is 5.69 Å². The zero-order valence-electron chi connectivity index (χ0n) is 16.2. The molecule has 154 valence electrons. The average molecular weight is 410 g/mol. The predicted molar refractivity (Wildman–Crippen MR) is 107 cm³/mol. The Morgan fingerprint density at radius 3 is 2.63 bits per heavy atom. The summed E-state index contributed by atoms with van der Waals surface area (Å²) in [6.07, 6.45) is 2.85. The number of amides is 1. The largest absolute Gasteiger partial charge is 0.497 e. The molecule has 1 heterocycles. The van der Waals surface area contributed by atoms with E-state index in [-0.39, 0.29) is 24.0 Å². The van der Waals surface area contributed by atoms with Gasteiger partial charge >= 0.3 is 0 Å². The number of methoxy groups -OCH3 is 2. The van der Waals surface area contributed by atoms with Gasteiger partial charge in [0.1, 0.15) is 11.5 Å². The van der Waals surface area contributed by atoms with Crippen LogP contribution in [-0.4, -0.2) is 35.2 Å². The number of nitrogens with one attached hydrogen (secondary N) is 1. The molecule has 0 aliphatic rings. The first-order chi connectivity index (χ1) is 14.5. The molecule has 0 saturated heterocycles. The van der Waals surface area contributed by atoms with E-state index in [0.717, 1.165) is 0 Å². The lowest BCUT2D eigenvalue weighted by Crippen LogP contribution is -2.20. The quantitative estimate of drug-likeness (QED) is 0.341. The lowest BCUT2D eigenvalue weighted by atomic mass is 10.2. The van der Waals surface area contributed by atoms with Gasteiger partial charge in [0.05, 0.1) is 31.3 Å². The highest BCUT2D eigenvalue weighted by molar-refractivity contribution is 5.91. The van der Waals surface area contributed by atoms with Gasteiger partial charge in [0, 0.05) is 24.3 Å². The van der Waals surface area contributed by atoms with Crippen LogP contribution in [0.25, 0.3) is 17.5 Å². The molecular weight excluding hydrogens is 392 g/mol.